The molecular weight excluding hydrogens is 174 g/mol. The SMILES string of the molecule is Nc1cc(OC2CC2)ccc1C1CC1. The average molecular weight is 189 g/mol. The summed E-state index contributed by atoms with van der Waals surface area (Å²) in [5.74, 6) is 1.67. The van der Waals surface area contributed by atoms with Crippen molar-refractivity contribution >= 4 is 5.69 Å². The second-order valence-corrected chi connectivity index (χ2v) is 4.38. The Hall–Kier alpha value is -1.18. The van der Waals surface area contributed by atoms with Gasteiger partial charge >= 0.3 is 0 Å². The molecule has 0 unspecified atom stereocenters. The van der Waals surface area contributed by atoms with Crippen molar-refractivity contribution in [3.05, 3.63) is 23.8 Å². The predicted octanol–water partition coefficient (Wildman–Crippen LogP) is 2.69. The molecule has 2 fully saturated rings. The second-order valence-electron chi connectivity index (χ2n) is 4.38. The smallest absolute Gasteiger partial charge is 0.121 e. The van der Waals surface area contributed by atoms with Crippen molar-refractivity contribution in [3.8, 4) is 5.75 Å². The molecular formula is C12H15NO. The molecule has 14 heavy (non-hydrogen) atoms. The Morgan fingerprint density at radius 3 is 2.50 bits per heavy atom. The van der Waals surface area contributed by atoms with Crippen LogP contribution < -0.4 is 10.5 Å². The Kier molecular flexibility index (Phi) is 1.69. The Balaban J connectivity index is 1.81. The number of hydrogen-bond donors (Lipinski definition) is 1. The van der Waals surface area contributed by atoms with Crippen molar-refractivity contribution < 1.29 is 4.74 Å². The predicted molar refractivity (Wildman–Crippen MR) is 56.5 cm³/mol. The van der Waals surface area contributed by atoms with Crippen LogP contribution in [0, 0.1) is 0 Å². The van der Waals surface area contributed by atoms with Crippen molar-refractivity contribution in [2.24, 2.45) is 0 Å². The van der Waals surface area contributed by atoms with E-state index in [-0.39, 0.29) is 0 Å². The van der Waals surface area contributed by atoms with E-state index < -0.39 is 0 Å². The highest BCUT2D eigenvalue weighted by Crippen LogP contribution is 2.43. The van der Waals surface area contributed by atoms with Gasteiger partial charge in [-0.3, -0.25) is 0 Å². The lowest BCUT2D eigenvalue weighted by Crippen LogP contribution is -1.98. The molecule has 2 N–H and O–H groups in total. The molecule has 0 spiro atoms. The minimum absolute atomic E-state index is 0.459. The summed E-state index contributed by atoms with van der Waals surface area (Å²) in [6.45, 7) is 0. The summed E-state index contributed by atoms with van der Waals surface area (Å²) in [5.41, 5.74) is 8.20. The van der Waals surface area contributed by atoms with Crippen molar-refractivity contribution in [2.75, 3.05) is 5.73 Å². The maximum absolute atomic E-state index is 5.98. The Bertz CT molecular complexity index is 353. The zero-order chi connectivity index (χ0) is 9.54. The fourth-order valence-corrected chi connectivity index (χ4v) is 1.77. The molecule has 1 aromatic carbocycles. The van der Waals surface area contributed by atoms with Crippen LogP contribution in [-0.2, 0) is 0 Å². The minimum atomic E-state index is 0.459. The molecule has 0 saturated heterocycles. The number of benzene rings is 1. The summed E-state index contributed by atoms with van der Waals surface area (Å²) in [6.07, 6.45) is 5.45. The molecule has 0 radical (unpaired) electrons. The first kappa shape index (κ1) is 8.16. The number of anilines is 1. The molecule has 2 aliphatic rings. The van der Waals surface area contributed by atoms with Crippen LogP contribution in [0.15, 0.2) is 18.2 Å². The van der Waals surface area contributed by atoms with Gasteiger partial charge in [0.15, 0.2) is 0 Å². The molecule has 2 heteroatoms. The van der Waals surface area contributed by atoms with Crippen molar-refractivity contribution in [1.82, 2.24) is 0 Å². The Morgan fingerprint density at radius 2 is 1.93 bits per heavy atom. The van der Waals surface area contributed by atoms with Crippen LogP contribution in [0.5, 0.6) is 5.75 Å². The van der Waals surface area contributed by atoms with Crippen LogP contribution in [0.4, 0.5) is 5.69 Å². The third-order valence-corrected chi connectivity index (χ3v) is 2.90. The molecule has 1 aromatic rings. The van der Waals surface area contributed by atoms with Crippen molar-refractivity contribution in [2.45, 2.75) is 37.7 Å². The molecule has 0 atom stereocenters. The monoisotopic (exact) mass is 189 g/mol. The molecule has 0 aromatic heterocycles. The molecule has 2 nitrogen and oxygen atoms in total. The third-order valence-electron chi connectivity index (χ3n) is 2.90. The van der Waals surface area contributed by atoms with Gasteiger partial charge in [0, 0.05) is 11.8 Å². The average Bonchev–Trinajstić information content (AvgIpc) is 2.98. The molecule has 3 rings (SSSR count). The minimum Gasteiger partial charge on any atom is -0.490 e. The highest BCUT2D eigenvalue weighted by molar-refractivity contribution is 5.54. The normalized spacial score (nSPS) is 20.9. The van der Waals surface area contributed by atoms with E-state index >= 15 is 0 Å². The van der Waals surface area contributed by atoms with E-state index in [1.54, 1.807) is 0 Å². The number of hydrogen-bond acceptors (Lipinski definition) is 2. The summed E-state index contributed by atoms with van der Waals surface area (Å²) in [5, 5.41) is 0. The van der Waals surface area contributed by atoms with Gasteiger partial charge in [0.2, 0.25) is 0 Å². The lowest BCUT2D eigenvalue weighted by Gasteiger charge is -2.08. The maximum Gasteiger partial charge on any atom is 0.121 e. The molecule has 0 bridgehead atoms. The van der Waals surface area contributed by atoms with Gasteiger partial charge in [-0.1, -0.05) is 6.07 Å². The van der Waals surface area contributed by atoms with Gasteiger partial charge in [-0.05, 0) is 43.2 Å². The number of nitrogens with two attached hydrogens (primary N) is 1. The van der Waals surface area contributed by atoms with Crippen molar-refractivity contribution in [1.29, 1.82) is 0 Å². The van der Waals surface area contributed by atoms with Crippen LogP contribution in [0.1, 0.15) is 37.2 Å². The zero-order valence-electron chi connectivity index (χ0n) is 8.20. The molecule has 2 aliphatic carbocycles. The highest BCUT2D eigenvalue weighted by Gasteiger charge is 2.27. The van der Waals surface area contributed by atoms with Gasteiger partial charge in [-0.25, -0.2) is 0 Å². The molecule has 2 saturated carbocycles. The lowest BCUT2D eigenvalue weighted by molar-refractivity contribution is 0.303. The third kappa shape index (κ3) is 1.57. The lowest BCUT2D eigenvalue weighted by atomic mass is 10.1. The molecule has 0 amide bonds. The van der Waals surface area contributed by atoms with E-state index in [1.807, 2.05) is 6.07 Å². The summed E-state index contributed by atoms with van der Waals surface area (Å²) in [4.78, 5) is 0. The Labute approximate surface area is 84.1 Å². The van der Waals surface area contributed by atoms with Crippen molar-refractivity contribution in [3.63, 3.8) is 0 Å². The number of ether oxygens (including phenoxy) is 1. The van der Waals surface area contributed by atoms with Gasteiger partial charge in [-0.15, -0.1) is 0 Å². The summed E-state index contributed by atoms with van der Waals surface area (Å²) >= 11 is 0. The van der Waals surface area contributed by atoms with Gasteiger partial charge in [0.25, 0.3) is 0 Å². The van der Waals surface area contributed by atoms with E-state index in [1.165, 1.54) is 31.2 Å². The summed E-state index contributed by atoms with van der Waals surface area (Å²) < 4.78 is 5.68. The number of rotatable bonds is 3. The largest absolute Gasteiger partial charge is 0.490 e. The van der Waals surface area contributed by atoms with Crippen LogP contribution in [0.25, 0.3) is 0 Å². The van der Waals surface area contributed by atoms with Gasteiger partial charge in [-0.2, -0.15) is 0 Å². The Morgan fingerprint density at radius 1 is 1.14 bits per heavy atom. The fourth-order valence-electron chi connectivity index (χ4n) is 1.77. The van der Waals surface area contributed by atoms with E-state index in [2.05, 4.69) is 12.1 Å². The van der Waals surface area contributed by atoms with Crippen LogP contribution in [0.3, 0.4) is 0 Å². The van der Waals surface area contributed by atoms with E-state index in [9.17, 15) is 0 Å². The van der Waals surface area contributed by atoms with Gasteiger partial charge in [0.1, 0.15) is 5.75 Å². The molecule has 0 aliphatic heterocycles. The van der Waals surface area contributed by atoms with E-state index in [0.29, 0.717) is 6.10 Å². The van der Waals surface area contributed by atoms with Gasteiger partial charge in [0.05, 0.1) is 6.10 Å². The fraction of sp³-hybridized carbons (Fsp3) is 0.500. The first-order valence-electron chi connectivity index (χ1n) is 5.39. The highest BCUT2D eigenvalue weighted by atomic mass is 16.5. The van der Waals surface area contributed by atoms with E-state index in [4.69, 9.17) is 10.5 Å². The van der Waals surface area contributed by atoms with Crippen LogP contribution in [-0.4, -0.2) is 6.10 Å². The quantitative estimate of drug-likeness (QED) is 0.742. The first-order valence-corrected chi connectivity index (χ1v) is 5.39. The van der Waals surface area contributed by atoms with Gasteiger partial charge < -0.3 is 10.5 Å². The topological polar surface area (TPSA) is 35.2 Å². The van der Waals surface area contributed by atoms with E-state index in [0.717, 1.165) is 17.4 Å². The van der Waals surface area contributed by atoms with Crippen LogP contribution >= 0.6 is 0 Å². The number of nitrogen functional groups attached to an aromatic ring is 1. The summed E-state index contributed by atoms with van der Waals surface area (Å²) in [7, 11) is 0. The first-order chi connectivity index (χ1) is 6.83. The molecule has 74 valence electrons. The standard InChI is InChI=1S/C12H15NO/c13-12-7-10(14-9-3-4-9)5-6-11(12)8-1-2-8/h5-9H,1-4,13H2. The van der Waals surface area contributed by atoms with Crippen LogP contribution in [0.2, 0.25) is 0 Å². The zero-order valence-corrected chi connectivity index (χ0v) is 8.20. The summed E-state index contributed by atoms with van der Waals surface area (Å²) in [6, 6.07) is 6.17. The maximum atomic E-state index is 5.98. The molecule has 0 heterocycles. The second kappa shape index (κ2) is 2.91.